The zero-order valence-electron chi connectivity index (χ0n) is 12.1. The van der Waals surface area contributed by atoms with Crippen molar-refractivity contribution in [2.75, 3.05) is 12.3 Å². The van der Waals surface area contributed by atoms with Crippen LogP contribution in [0.5, 0.6) is 5.75 Å². The molecule has 0 aromatic heterocycles. The number of thiol groups is 1. The number of hydroxylamine groups is 2. The number of nitrogens with zero attached hydrogens (tertiary/aromatic N) is 1. The van der Waals surface area contributed by atoms with Gasteiger partial charge in [-0.25, -0.2) is 8.42 Å². The van der Waals surface area contributed by atoms with Gasteiger partial charge in [0.2, 0.25) is 0 Å². The Hall–Kier alpha value is -1.90. The molecule has 2 rings (SSSR count). The van der Waals surface area contributed by atoms with Crippen molar-refractivity contribution >= 4 is 16.6 Å². The Bertz CT molecular complexity index is 568. The van der Waals surface area contributed by atoms with E-state index < -0.39 is 22.3 Å². The number of benzene rings is 1. The SMILES string of the molecule is C=CC[SH](=O)=O.NC(=O)[C@]1(Oc2ccccc2)CCCN1O. The lowest BCUT2D eigenvalue weighted by atomic mass is 10.1. The van der Waals surface area contributed by atoms with Gasteiger partial charge in [0.1, 0.15) is 16.5 Å². The Morgan fingerprint density at radius 2 is 2.09 bits per heavy atom. The number of hydrogen-bond donors (Lipinski definition) is 3. The van der Waals surface area contributed by atoms with E-state index in [4.69, 9.17) is 10.5 Å². The molecule has 1 saturated heterocycles. The molecule has 0 spiro atoms. The fraction of sp³-hybridized carbons (Fsp3) is 0.357. The number of rotatable bonds is 5. The molecule has 1 aliphatic rings. The van der Waals surface area contributed by atoms with Gasteiger partial charge >= 0.3 is 0 Å². The molecular formula is C14H20N2O5S. The quantitative estimate of drug-likeness (QED) is 0.537. The Kier molecular flexibility index (Phi) is 7.03. The average molecular weight is 328 g/mol. The number of carbonyl (C=O) groups is 1. The third kappa shape index (κ3) is 4.83. The Morgan fingerprint density at radius 1 is 1.45 bits per heavy atom. The Balaban J connectivity index is 0.000000346. The Labute approximate surface area is 130 Å². The predicted molar refractivity (Wildman–Crippen MR) is 82.1 cm³/mol. The van der Waals surface area contributed by atoms with E-state index in [2.05, 4.69) is 6.58 Å². The lowest BCUT2D eigenvalue weighted by Crippen LogP contribution is -2.56. The van der Waals surface area contributed by atoms with Gasteiger partial charge in [-0.15, -0.1) is 11.6 Å². The van der Waals surface area contributed by atoms with Gasteiger partial charge in [-0.2, -0.15) is 0 Å². The van der Waals surface area contributed by atoms with Crippen molar-refractivity contribution in [2.24, 2.45) is 5.73 Å². The maximum atomic E-state index is 11.4. The van der Waals surface area contributed by atoms with Crippen molar-refractivity contribution in [1.29, 1.82) is 0 Å². The monoisotopic (exact) mass is 328 g/mol. The molecule has 0 saturated carbocycles. The molecule has 122 valence electrons. The zero-order valence-corrected chi connectivity index (χ0v) is 12.9. The second-order valence-electron chi connectivity index (χ2n) is 4.59. The summed E-state index contributed by atoms with van der Waals surface area (Å²) in [5, 5.41) is 10.6. The van der Waals surface area contributed by atoms with E-state index >= 15 is 0 Å². The lowest BCUT2D eigenvalue weighted by molar-refractivity contribution is -0.220. The van der Waals surface area contributed by atoms with Crippen molar-refractivity contribution in [1.82, 2.24) is 5.06 Å². The molecule has 8 heteroatoms. The fourth-order valence-corrected chi connectivity index (χ4v) is 2.18. The number of carbonyl (C=O) groups excluding carboxylic acids is 1. The first kappa shape index (κ1) is 18.1. The summed E-state index contributed by atoms with van der Waals surface area (Å²) in [5.41, 5.74) is 3.89. The summed E-state index contributed by atoms with van der Waals surface area (Å²) in [6.07, 6.45) is 2.42. The number of ether oxygens (including phenoxy) is 1. The minimum atomic E-state index is -2.22. The molecule has 7 nitrogen and oxygen atoms in total. The molecule has 22 heavy (non-hydrogen) atoms. The van der Waals surface area contributed by atoms with Gasteiger partial charge < -0.3 is 15.7 Å². The molecule has 1 aliphatic heterocycles. The van der Waals surface area contributed by atoms with Gasteiger partial charge in [-0.3, -0.25) is 4.79 Å². The van der Waals surface area contributed by atoms with Crippen LogP contribution in [0.3, 0.4) is 0 Å². The molecule has 1 fully saturated rings. The second-order valence-corrected chi connectivity index (χ2v) is 5.63. The van der Waals surface area contributed by atoms with E-state index in [0.717, 1.165) is 5.06 Å². The topological polar surface area (TPSA) is 110 Å². The van der Waals surface area contributed by atoms with Crippen LogP contribution in [0, 0.1) is 0 Å². The second kappa shape index (κ2) is 8.52. The third-order valence-corrected chi connectivity index (χ3v) is 3.55. The van der Waals surface area contributed by atoms with Gasteiger partial charge in [-0.1, -0.05) is 24.3 Å². The van der Waals surface area contributed by atoms with Crippen LogP contribution in [-0.4, -0.2) is 42.6 Å². The molecule has 0 aliphatic carbocycles. The number of nitrogens with two attached hydrogens (primary N) is 1. The molecule has 1 aromatic rings. The van der Waals surface area contributed by atoms with Gasteiger partial charge in [0.15, 0.2) is 0 Å². The number of amides is 1. The predicted octanol–water partition coefficient (Wildman–Crippen LogP) is 0.516. The minimum Gasteiger partial charge on any atom is -0.461 e. The van der Waals surface area contributed by atoms with Crippen LogP contribution in [0.1, 0.15) is 12.8 Å². The molecule has 1 amide bonds. The normalized spacial score (nSPS) is 21.0. The molecule has 1 heterocycles. The van der Waals surface area contributed by atoms with Crippen LogP contribution in [0.15, 0.2) is 43.0 Å². The number of para-hydroxylation sites is 1. The van der Waals surface area contributed by atoms with Crippen molar-refractivity contribution in [3.63, 3.8) is 0 Å². The smallest absolute Gasteiger partial charge is 0.279 e. The average Bonchev–Trinajstić information content (AvgIpc) is 2.83. The third-order valence-electron chi connectivity index (χ3n) is 3.00. The molecule has 3 N–H and O–H groups in total. The summed E-state index contributed by atoms with van der Waals surface area (Å²) in [4.78, 5) is 11.4. The van der Waals surface area contributed by atoms with E-state index in [1.165, 1.54) is 6.08 Å². The molecular weight excluding hydrogens is 308 g/mol. The number of primary amides is 1. The molecule has 0 bridgehead atoms. The van der Waals surface area contributed by atoms with Crippen LogP contribution in [0.25, 0.3) is 0 Å². The maximum absolute atomic E-state index is 11.4. The summed E-state index contributed by atoms with van der Waals surface area (Å²) < 4.78 is 24.7. The van der Waals surface area contributed by atoms with Gasteiger partial charge in [0.05, 0.1) is 5.75 Å². The van der Waals surface area contributed by atoms with Crippen molar-refractivity contribution in [3.8, 4) is 5.75 Å². The lowest BCUT2D eigenvalue weighted by Gasteiger charge is -2.31. The molecule has 1 atom stereocenters. The van der Waals surface area contributed by atoms with Gasteiger partial charge in [-0.05, 0) is 18.6 Å². The van der Waals surface area contributed by atoms with Crippen LogP contribution in [-0.2, 0) is 15.5 Å². The highest BCUT2D eigenvalue weighted by molar-refractivity contribution is 7.72. The van der Waals surface area contributed by atoms with Crippen molar-refractivity contribution < 1.29 is 23.2 Å². The largest absolute Gasteiger partial charge is 0.461 e. The number of hydrogen-bond acceptors (Lipinski definition) is 6. The highest BCUT2D eigenvalue weighted by Crippen LogP contribution is 2.30. The van der Waals surface area contributed by atoms with Crippen LogP contribution < -0.4 is 10.5 Å². The van der Waals surface area contributed by atoms with Crippen molar-refractivity contribution in [2.45, 2.75) is 18.6 Å². The summed E-state index contributed by atoms with van der Waals surface area (Å²) >= 11 is 0. The first-order chi connectivity index (χ1) is 10.4. The maximum Gasteiger partial charge on any atom is 0.279 e. The van der Waals surface area contributed by atoms with E-state index in [1.54, 1.807) is 24.3 Å². The minimum absolute atomic E-state index is 0.0926. The van der Waals surface area contributed by atoms with E-state index in [9.17, 15) is 18.4 Å². The van der Waals surface area contributed by atoms with E-state index in [-0.39, 0.29) is 5.75 Å². The first-order valence-corrected chi connectivity index (χ1v) is 8.02. The summed E-state index contributed by atoms with van der Waals surface area (Å²) in [6.45, 7) is 3.60. The molecule has 0 radical (unpaired) electrons. The van der Waals surface area contributed by atoms with Crippen LogP contribution >= 0.6 is 0 Å². The van der Waals surface area contributed by atoms with Crippen LogP contribution in [0.2, 0.25) is 0 Å². The van der Waals surface area contributed by atoms with E-state index in [0.29, 0.717) is 25.1 Å². The highest BCUT2D eigenvalue weighted by atomic mass is 32.2. The fourth-order valence-electron chi connectivity index (χ4n) is 1.97. The first-order valence-electron chi connectivity index (χ1n) is 6.65. The van der Waals surface area contributed by atoms with E-state index in [1.807, 2.05) is 6.07 Å². The van der Waals surface area contributed by atoms with Crippen molar-refractivity contribution in [3.05, 3.63) is 43.0 Å². The standard InChI is InChI=1S/C11H14N2O3.C3H6O2S/c12-10(14)11(7-4-8-13(11)15)16-9-5-2-1-3-6-9;1-2-3-6(4)5/h1-3,5-6,15H,4,7-8H2,(H2,12,14);2,6H,1,3H2/t11-;/m1./s1. The van der Waals surface area contributed by atoms with Gasteiger partial charge in [0, 0.05) is 13.0 Å². The molecule has 1 aromatic carbocycles. The molecule has 0 unspecified atom stereocenters. The Morgan fingerprint density at radius 3 is 2.45 bits per heavy atom. The summed E-state index contributed by atoms with van der Waals surface area (Å²) in [5.74, 6) is -0.0615. The highest BCUT2D eigenvalue weighted by Gasteiger charge is 2.48. The summed E-state index contributed by atoms with van der Waals surface area (Å²) in [6, 6.07) is 8.87. The van der Waals surface area contributed by atoms with Crippen LogP contribution in [0.4, 0.5) is 0 Å². The van der Waals surface area contributed by atoms with Gasteiger partial charge in [0.25, 0.3) is 11.6 Å². The summed E-state index contributed by atoms with van der Waals surface area (Å²) in [7, 11) is -2.22. The zero-order chi connectivity index (χ0) is 16.6.